The number of fused-ring (bicyclic) bond motifs is 1. The van der Waals surface area contributed by atoms with Crippen LogP contribution in [0.25, 0.3) is 10.8 Å². The average Bonchev–Trinajstić information content (AvgIpc) is 3.02. The highest BCUT2D eigenvalue weighted by molar-refractivity contribution is 6.00. The lowest BCUT2D eigenvalue weighted by molar-refractivity contribution is -0.143. The highest BCUT2D eigenvalue weighted by atomic mass is 16.6. The van der Waals surface area contributed by atoms with Gasteiger partial charge in [-0.05, 0) is 80.3 Å². The predicted octanol–water partition coefficient (Wildman–Crippen LogP) is 7.26. The van der Waals surface area contributed by atoms with Gasteiger partial charge in [-0.3, -0.25) is 9.59 Å². The third-order valence-electron chi connectivity index (χ3n) is 7.53. The molecule has 0 fully saturated rings. The first kappa shape index (κ1) is 32.8. The van der Waals surface area contributed by atoms with E-state index in [0.717, 1.165) is 16.3 Å². The van der Waals surface area contributed by atoms with Crippen LogP contribution in [0.2, 0.25) is 0 Å². The molecule has 3 atom stereocenters. The van der Waals surface area contributed by atoms with Crippen LogP contribution in [0.3, 0.4) is 0 Å². The number of hydrogen-bond acceptors (Lipinski definition) is 4. The molecule has 3 unspecified atom stereocenters. The summed E-state index contributed by atoms with van der Waals surface area (Å²) in [5.41, 5.74) is 1.95. The van der Waals surface area contributed by atoms with Gasteiger partial charge in [0.15, 0.2) is 0 Å². The summed E-state index contributed by atoms with van der Waals surface area (Å²) in [6.07, 6.45) is 5.68. The number of alkyl carbamates (subject to hydrolysis) is 1. The van der Waals surface area contributed by atoms with Crippen molar-refractivity contribution < 1.29 is 19.1 Å². The Bertz CT molecular complexity index is 1670. The number of anilines is 1. The van der Waals surface area contributed by atoms with Gasteiger partial charge in [0.05, 0.1) is 0 Å². The standard InChI is InChI=1S/C38H41N3O4/c1-7-26(3)41(36(43)33(24-28-14-10-9-11-15-28)40-37(44)45-38(4,5)6)34(30-20-18-27(8-2)19-21-30)35(42)39-32-23-22-29-16-12-13-17-31(29)25-32/h2,9-23,25-26,33-34H,7,24H2,1,3-6H3,(H,39,42)(H,40,44). The second-order valence-corrected chi connectivity index (χ2v) is 12.1. The molecule has 0 aliphatic rings. The van der Waals surface area contributed by atoms with Crippen molar-refractivity contribution in [1.82, 2.24) is 10.2 Å². The molecule has 0 bridgehead atoms. The van der Waals surface area contributed by atoms with Crippen molar-refractivity contribution in [3.63, 3.8) is 0 Å². The van der Waals surface area contributed by atoms with Crippen LogP contribution in [0.15, 0.2) is 97.1 Å². The zero-order valence-electron chi connectivity index (χ0n) is 26.5. The highest BCUT2D eigenvalue weighted by Gasteiger charge is 2.38. The van der Waals surface area contributed by atoms with E-state index in [1.54, 1.807) is 49.9 Å². The van der Waals surface area contributed by atoms with Crippen LogP contribution in [0.5, 0.6) is 0 Å². The van der Waals surface area contributed by atoms with Gasteiger partial charge in [0, 0.05) is 23.7 Å². The molecule has 0 aliphatic heterocycles. The quantitative estimate of drug-likeness (QED) is 0.187. The SMILES string of the molecule is C#Cc1ccc(C(C(=O)Nc2ccc3ccccc3c2)N(C(=O)C(Cc2ccccc2)NC(=O)OC(C)(C)C)C(C)CC)cc1. The number of benzene rings is 4. The van der Waals surface area contributed by atoms with E-state index in [9.17, 15) is 14.4 Å². The summed E-state index contributed by atoms with van der Waals surface area (Å²) in [6.45, 7) is 9.15. The van der Waals surface area contributed by atoms with Gasteiger partial charge in [-0.25, -0.2) is 4.79 Å². The summed E-state index contributed by atoms with van der Waals surface area (Å²) in [5.74, 6) is 1.82. The molecule has 232 valence electrons. The molecular formula is C38H41N3O4. The molecule has 4 rings (SSSR count). The van der Waals surface area contributed by atoms with E-state index in [4.69, 9.17) is 11.2 Å². The summed E-state index contributed by atoms with van der Waals surface area (Å²) in [7, 11) is 0. The molecular weight excluding hydrogens is 562 g/mol. The van der Waals surface area contributed by atoms with Crippen molar-refractivity contribution in [2.45, 2.75) is 71.2 Å². The summed E-state index contributed by atoms with van der Waals surface area (Å²) >= 11 is 0. The Balaban J connectivity index is 1.77. The number of ether oxygens (including phenoxy) is 1. The molecule has 0 saturated carbocycles. The van der Waals surface area contributed by atoms with E-state index in [-0.39, 0.29) is 18.4 Å². The largest absolute Gasteiger partial charge is 0.444 e. The lowest BCUT2D eigenvalue weighted by Crippen LogP contribution is -2.55. The highest BCUT2D eigenvalue weighted by Crippen LogP contribution is 2.29. The van der Waals surface area contributed by atoms with Crippen LogP contribution in [0.1, 0.15) is 63.8 Å². The molecule has 2 N–H and O–H groups in total. The van der Waals surface area contributed by atoms with Gasteiger partial charge in [0.1, 0.15) is 17.7 Å². The lowest BCUT2D eigenvalue weighted by Gasteiger charge is -2.38. The van der Waals surface area contributed by atoms with Gasteiger partial charge in [-0.2, -0.15) is 0 Å². The fraction of sp³-hybridized carbons (Fsp3) is 0.289. The van der Waals surface area contributed by atoms with Crippen molar-refractivity contribution in [3.05, 3.63) is 114 Å². The first-order valence-corrected chi connectivity index (χ1v) is 15.2. The van der Waals surface area contributed by atoms with Crippen LogP contribution >= 0.6 is 0 Å². The summed E-state index contributed by atoms with van der Waals surface area (Å²) in [6, 6.07) is 27.7. The Morgan fingerprint density at radius 3 is 2.16 bits per heavy atom. The molecule has 45 heavy (non-hydrogen) atoms. The monoisotopic (exact) mass is 603 g/mol. The molecule has 4 aromatic carbocycles. The Morgan fingerprint density at radius 2 is 1.53 bits per heavy atom. The van der Waals surface area contributed by atoms with Gasteiger partial charge in [-0.15, -0.1) is 6.42 Å². The average molecular weight is 604 g/mol. The van der Waals surface area contributed by atoms with Gasteiger partial charge < -0.3 is 20.3 Å². The van der Waals surface area contributed by atoms with Crippen LogP contribution < -0.4 is 10.6 Å². The minimum Gasteiger partial charge on any atom is -0.444 e. The minimum atomic E-state index is -1.02. The maximum atomic E-state index is 14.7. The molecule has 4 aromatic rings. The Morgan fingerprint density at radius 1 is 0.889 bits per heavy atom. The number of hydrogen-bond donors (Lipinski definition) is 2. The Labute approximate surface area is 266 Å². The molecule has 3 amide bonds. The van der Waals surface area contributed by atoms with Gasteiger partial charge in [0.25, 0.3) is 5.91 Å². The Hall–Kier alpha value is -5.09. The van der Waals surface area contributed by atoms with Crippen molar-refractivity contribution >= 4 is 34.4 Å². The van der Waals surface area contributed by atoms with Crippen LogP contribution in [0.4, 0.5) is 10.5 Å². The maximum absolute atomic E-state index is 14.7. The summed E-state index contributed by atoms with van der Waals surface area (Å²) in [4.78, 5) is 43.6. The van der Waals surface area contributed by atoms with E-state index in [1.807, 2.05) is 86.6 Å². The number of nitrogens with one attached hydrogen (secondary N) is 2. The van der Waals surface area contributed by atoms with E-state index < -0.39 is 29.7 Å². The van der Waals surface area contributed by atoms with Crippen LogP contribution in [0, 0.1) is 12.3 Å². The predicted molar refractivity (Wildman–Crippen MR) is 180 cm³/mol. The van der Waals surface area contributed by atoms with Gasteiger partial charge in [0.2, 0.25) is 5.91 Å². The third-order valence-corrected chi connectivity index (χ3v) is 7.53. The molecule has 0 aromatic heterocycles. The zero-order valence-corrected chi connectivity index (χ0v) is 26.5. The summed E-state index contributed by atoms with van der Waals surface area (Å²) in [5, 5.41) is 7.88. The van der Waals surface area contributed by atoms with Crippen molar-refractivity contribution in [3.8, 4) is 12.3 Å². The number of carbonyl (C=O) groups excluding carboxylic acids is 3. The second-order valence-electron chi connectivity index (χ2n) is 12.1. The molecule has 7 nitrogen and oxygen atoms in total. The molecule has 7 heteroatoms. The smallest absolute Gasteiger partial charge is 0.408 e. The normalized spacial score (nSPS) is 13.2. The maximum Gasteiger partial charge on any atom is 0.408 e. The first-order valence-electron chi connectivity index (χ1n) is 15.2. The van der Waals surface area contributed by atoms with Crippen LogP contribution in [-0.4, -0.2) is 40.5 Å². The fourth-order valence-electron chi connectivity index (χ4n) is 5.15. The summed E-state index contributed by atoms with van der Waals surface area (Å²) < 4.78 is 5.54. The fourth-order valence-corrected chi connectivity index (χ4v) is 5.15. The zero-order chi connectivity index (χ0) is 32.6. The van der Waals surface area contributed by atoms with Crippen molar-refractivity contribution in [2.24, 2.45) is 0 Å². The van der Waals surface area contributed by atoms with Crippen LogP contribution in [-0.2, 0) is 20.7 Å². The van der Waals surface area contributed by atoms with E-state index >= 15 is 0 Å². The van der Waals surface area contributed by atoms with E-state index in [1.165, 1.54) is 0 Å². The topological polar surface area (TPSA) is 87.7 Å². The second kappa shape index (κ2) is 14.6. The number of carbonyl (C=O) groups is 3. The molecule has 0 saturated heterocycles. The Kier molecular flexibility index (Phi) is 10.6. The minimum absolute atomic E-state index is 0.209. The number of terminal acetylenes is 1. The third kappa shape index (κ3) is 8.73. The molecule has 0 spiro atoms. The van der Waals surface area contributed by atoms with Gasteiger partial charge >= 0.3 is 6.09 Å². The van der Waals surface area contributed by atoms with E-state index in [2.05, 4.69) is 16.6 Å². The number of rotatable bonds is 10. The van der Waals surface area contributed by atoms with Crippen molar-refractivity contribution in [2.75, 3.05) is 5.32 Å². The molecule has 0 aliphatic carbocycles. The number of amides is 3. The first-order chi connectivity index (χ1) is 21.5. The molecule has 0 radical (unpaired) electrons. The number of nitrogens with zero attached hydrogens (tertiary/aromatic N) is 1. The van der Waals surface area contributed by atoms with Gasteiger partial charge in [-0.1, -0.05) is 85.6 Å². The van der Waals surface area contributed by atoms with E-state index in [0.29, 0.717) is 23.2 Å². The molecule has 0 heterocycles. The van der Waals surface area contributed by atoms with Crippen molar-refractivity contribution in [1.29, 1.82) is 0 Å². The lowest BCUT2D eigenvalue weighted by atomic mass is 9.97.